The van der Waals surface area contributed by atoms with Gasteiger partial charge in [-0.1, -0.05) is 13.8 Å². The SMILES string of the molecule is CNCCCS(=O)C(C)C. The Morgan fingerprint density at radius 2 is 2.10 bits per heavy atom. The van der Waals surface area contributed by atoms with E-state index in [1.165, 1.54) is 0 Å². The highest BCUT2D eigenvalue weighted by Crippen LogP contribution is 1.95. The van der Waals surface area contributed by atoms with E-state index < -0.39 is 10.8 Å². The molecule has 0 aliphatic rings. The third kappa shape index (κ3) is 4.94. The first-order valence-electron chi connectivity index (χ1n) is 3.70. The van der Waals surface area contributed by atoms with Crippen molar-refractivity contribution in [2.24, 2.45) is 0 Å². The summed E-state index contributed by atoms with van der Waals surface area (Å²) >= 11 is 0. The largest absolute Gasteiger partial charge is 0.320 e. The van der Waals surface area contributed by atoms with Crippen LogP contribution in [0.1, 0.15) is 20.3 Å². The molecule has 0 heterocycles. The zero-order valence-electron chi connectivity index (χ0n) is 7.02. The summed E-state index contributed by atoms with van der Waals surface area (Å²) in [4.78, 5) is 0. The highest BCUT2D eigenvalue weighted by molar-refractivity contribution is 7.85. The molecule has 0 aromatic rings. The number of hydrogen-bond donors (Lipinski definition) is 1. The molecule has 0 aliphatic heterocycles. The summed E-state index contributed by atoms with van der Waals surface area (Å²) in [7, 11) is 1.30. The molecule has 3 heteroatoms. The van der Waals surface area contributed by atoms with Crippen molar-refractivity contribution in [3.63, 3.8) is 0 Å². The third-order valence-electron chi connectivity index (χ3n) is 1.30. The minimum atomic E-state index is -0.613. The van der Waals surface area contributed by atoms with E-state index in [0.29, 0.717) is 5.25 Å². The lowest BCUT2D eigenvalue weighted by atomic mass is 10.5. The van der Waals surface area contributed by atoms with Gasteiger partial charge in [-0.25, -0.2) is 0 Å². The van der Waals surface area contributed by atoms with Gasteiger partial charge in [-0.05, 0) is 20.0 Å². The van der Waals surface area contributed by atoms with Crippen LogP contribution in [0.2, 0.25) is 0 Å². The molecule has 0 spiro atoms. The molecule has 1 unspecified atom stereocenters. The summed E-state index contributed by atoms with van der Waals surface area (Å²) in [6.07, 6.45) is 1.02. The van der Waals surface area contributed by atoms with Gasteiger partial charge in [-0.2, -0.15) is 0 Å². The fourth-order valence-corrected chi connectivity index (χ4v) is 1.53. The molecule has 1 atom stereocenters. The predicted molar refractivity (Wildman–Crippen MR) is 46.7 cm³/mol. The molecule has 2 nitrogen and oxygen atoms in total. The van der Waals surface area contributed by atoms with Crippen LogP contribution in [0.25, 0.3) is 0 Å². The molecular formula is C7H17NOS. The minimum Gasteiger partial charge on any atom is -0.320 e. The van der Waals surface area contributed by atoms with Crippen LogP contribution in [0.4, 0.5) is 0 Å². The molecule has 0 aromatic heterocycles. The number of nitrogens with one attached hydrogen (secondary N) is 1. The van der Waals surface area contributed by atoms with Crippen molar-refractivity contribution in [3.8, 4) is 0 Å². The lowest BCUT2D eigenvalue weighted by Crippen LogP contribution is -2.15. The van der Waals surface area contributed by atoms with Gasteiger partial charge in [0.1, 0.15) is 0 Å². The second-order valence-electron chi connectivity index (χ2n) is 2.59. The van der Waals surface area contributed by atoms with Gasteiger partial charge >= 0.3 is 0 Å². The standard InChI is InChI=1S/C7H17NOS/c1-7(2)10(9)6-4-5-8-3/h7-8H,4-6H2,1-3H3. The first kappa shape index (κ1) is 10.1. The van der Waals surface area contributed by atoms with Gasteiger partial charge in [0.25, 0.3) is 0 Å². The van der Waals surface area contributed by atoms with Crippen molar-refractivity contribution in [1.29, 1.82) is 0 Å². The molecule has 0 radical (unpaired) electrons. The molecule has 0 saturated carbocycles. The maximum atomic E-state index is 11.1. The average molecular weight is 163 g/mol. The van der Waals surface area contributed by atoms with E-state index in [4.69, 9.17) is 0 Å². The monoisotopic (exact) mass is 163 g/mol. The Labute approximate surface area is 65.9 Å². The van der Waals surface area contributed by atoms with Crippen molar-refractivity contribution >= 4 is 10.8 Å². The Morgan fingerprint density at radius 1 is 1.50 bits per heavy atom. The second kappa shape index (κ2) is 5.86. The quantitative estimate of drug-likeness (QED) is 0.606. The molecule has 62 valence electrons. The van der Waals surface area contributed by atoms with Crippen LogP contribution in [0.5, 0.6) is 0 Å². The molecule has 0 rings (SSSR count). The molecule has 0 saturated heterocycles. The Hall–Kier alpha value is 0.110. The summed E-state index contributed by atoms with van der Waals surface area (Å²) in [6, 6.07) is 0. The third-order valence-corrected chi connectivity index (χ3v) is 3.04. The zero-order chi connectivity index (χ0) is 7.98. The van der Waals surface area contributed by atoms with Crippen molar-refractivity contribution in [1.82, 2.24) is 5.32 Å². The fourth-order valence-electron chi connectivity index (χ4n) is 0.627. The molecule has 0 aromatic carbocycles. The van der Waals surface area contributed by atoms with Crippen LogP contribution in [-0.2, 0) is 10.8 Å². The summed E-state index contributed by atoms with van der Waals surface area (Å²) in [5.41, 5.74) is 0. The van der Waals surface area contributed by atoms with Gasteiger partial charge in [-0.3, -0.25) is 4.21 Å². The number of hydrogen-bond acceptors (Lipinski definition) is 2. The molecule has 1 N–H and O–H groups in total. The molecule has 0 bridgehead atoms. The van der Waals surface area contributed by atoms with Gasteiger partial charge in [0, 0.05) is 21.8 Å². The maximum Gasteiger partial charge on any atom is 0.0291 e. The van der Waals surface area contributed by atoms with Crippen molar-refractivity contribution in [2.75, 3.05) is 19.3 Å². The Morgan fingerprint density at radius 3 is 2.50 bits per heavy atom. The second-order valence-corrected chi connectivity index (χ2v) is 4.70. The van der Waals surface area contributed by atoms with E-state index >= 15 is 0 Å². The van der Waals surface area contributed by atoms with Crippen molar-refractivity contribution in [2.45, 2.75) is 25.5 Å². The van der Waals surface area contributed by atoms with Crippen molar-refractivity contribution < 1.29 is 4.21 Å². The fraction of sp³-hybridized carbons (Fsp3) is 1.00. The predicted octanol–water partition coefficient (Wildman–Crippen LogP) is 0.753. The summed E-state index contributed by atoms with van der Waals surface area (Å²) < 4.78 is 11.1. The Kier molecular flexibility index (Phi) is 5.93. The van der Waals surface area contributed by atoms with E-state index in [-0.39, 0.29) is 0 Å². The van der Waals surface area contributed by atoms with Crippen LogP contribution in [-0.4, -0.2) is 28.8 Å². The zero-order valence-corrected chi connectivity index (χ0v) is 7.83. The molecule has 0 aliphatic carbocycles. The normalized spacial score (nSPS) is 14.0. The highest BCUT2D eigenvalue weighted by atomic mass is 32.2. The van der Waals surface area contributed by atoms with E-state index in [9.17, 15) is 4.21 Å². The van der Waals surface area contributed by atoms with E-state index in [1.807, 2.05) is 20.9 Å². The molecule has 0 fully saturated rings. The highest BCUT2D eigenvalue weighted by Gasteiger charge is 2.02. The van der Waals surface area contributed by atoms with Crippen LogP contribution in [0, 0.1) is 0 Å². The van der Waals surface area contributed by atoms with Gasteiger partial charge < -0.3 is 5.32 Å². The van der Waals surface area contributed by atoms with E-state index in [2.05, 4.69) is 5.32 Å². The average Bonchev–Trinajstić information content (AvgIpc) is 1.88. The van der Waals surface area contributed by atoms with Crippen LogP contribution in [0.15, 0.2) is 0 Å². The smallest absolute Gasteiger partial charge is 0.0291 e. The van der Waals surface area contributed by atoms with Crippen LogP contribution in [0.3, 0.4) is 0 Å². The van der Waals surface area contributed by atoms with E-state index in [0.717, 1.165) is 18.7 Å². The Bertz CT molecular complexity index is 104. The summed E-state index contributed by atoms with van der Waals surface area (Å²) in [5, 5.41) is 3.34. The van der Waals surface area contributed by atoms with Crippen LogP contribution >= 0.6 is 0 Å². The first-order valence-corrected chi connectivity index (χ1v) is 5.08. The first-order chi connectivity index (χ1) is 4.68. The van der Waals surface area contributed by atoms with Crippen LogP contribution < -0.4 is 5.32 Å². The van der Waals surface area contributed by atoms with Gasteiger partial charge in [0.2, 0.25) is 0 Å². The Balaban J connectivity index is 3.22. The minimum absolute atomic E-state index is 0.317. The summed E-state index contributed by atoms with van der Waals surface area (Å²) in [5.74, 6) is 0.832. The summed E-state index contributed by atoms with van der Waals surface area (Å²) in [6.45, 7) is 4.96. The van der Waals surface area contributed by atoms with Gasteiger partial charge in [0.05, 0.1) is 0 Å². The maximum absolute atomic E-state index is 11.1. The van der Waals surface area contributed by atoms with Gasteiger partial charge in [-0.15, -0.1) is 0 Å². The van der Waals surface area contributed by atoms with Crippen molar-refractivity contribution in [3.05, 3.63) is 0 Å². The lowest BCUT2D eigenvalue weighted by Gasteiger charge is -2.03. The molecule has 0 amide bonds. The topological polar surface area (TPSA) is 29.1 Å². The number of rotatable bonds is 5. The van der Waals surface area contributed by atoms with Gasteiger partial charge in [0.15, 0.2) is 0 Å². The van der Waals surface area contributed by atoms with E-state index in [1.54, 1.807) is 0 Å². The lowest BCUT2D eigenvalue weighted by molar-refractivity contribution is 0.670. The molecule has 10 heavy (non-hydrogen) atoms. The molecular weight excluding hydrogens is 146 g/mol.